The maximum absolute atomic E-state index is 12.0. The summed E-state index contributed by atoms with van der Waals surface area (Å²) in [6.07, 6.45) is 5.53. The van der Waals surface area contributed by atoms with Crippen LogP contribution >= 0.6 is 11.8 Å². The minimum Gasteiger partial charge on any atom is -0.298 e. The van der Waals surface area contributed by atoms with E-state index in [0.29, 0.717) is 11.8 Å². The van der Waals surface area contributed by atoms with Gasteiger partial charge in [-0.1, -0.05) is 12.8 Å². The van der Waals surface area contributed by atoms with Crippen molar-refractivity contribution in [1.29, 1.82) is 0 Å². The molecule has 3 heteroatoms. The molecular weight excluding hydrogens is 206 g/mol. The first-order chi connectivity index (χ1) is 7.29. The van der Waals surface area contributed by atoms with Gasteiger partial charge in [0.1, 0.15) is 5.78 Å². The molecule has 1 saturated heterocycles. The lowest BCUT2D eigenvalue weighted by atomic mass is 10.0. The zero-order chi connectivity index (χ0) is 10.7. The van der Waals surface area contributed by atoms with E-state index >= 15 is 0 Å². The number of ketones is 1. The van der Waals surface area contributed by atoms with Crippen LogP contribution in [0.5, 0.6) is 0 Å². The summed E-state index contributed by atoms with van der Waals surface area (Å²) in [6.45, 7) is 3.38. The molecule has 0 amide bonds. The average Bonchev–Trinajstić information content (AvgIpc) is 2.44. The maximum atomic E-state index is 12.0. The summed E-state index contributed by atoms with van der Waals surface area (Å²) in [5, 5.41) is 0. The molecule has 2 atom stereocenters. The van der Waals surface area contributed by atoms with Crippen molar-refractivity contribution in [2.24, 2.45) is 0 Å². The number of thioether (sulfide) groups is 1. The molecule has 15 heavy (non-hydrogen) atoms. The molecule has 2 rings (SSSR count). The molecule has 2 unspecified atom stereocenters. The van der Waals surface area contributed by atoms with Crippen LogP contribution in [0.2, 0.25) is 0 Å². The Bertz CT molecular complexity index is 232. The van der Waals surface area contributed by atoms with E-state index in [4.69, 9.17) is 0 Å². The standard InChI is InChI=1S/C12H21NOS/c1-10-9-15-8-7-13(10)11-5-3-2-4-6-12(11)14/h10-11H,2-9H2,1H3. The summed E-state index contributed by atoms with van der Waals surface area (Å²) in [4.78, 5) is 14.5. The first-order valence-corrected chi connectivity index (χ1v) is 7.30. The summed E-state index contributed by atoms with van der Waals surface area (Å²) in [5.41, 5.74) is 0. The molecular formula is C12H21NOS. The molecule has 0 bridgehead atoms. The molecule has 0 aromatic carbocycles. The van der Waals surface area contributed by atoms with Crippen molar-refractivity contribution in [2.75, 3.05) is 18.1 Å². The molecule has 86 valence electrons. The van der Waals surface area contributed by atoms with E-state index in [1.807, 2.05) is 11.8 Å². The van der Waals surface area contributed by atoms with Crippen LogP contribution in [0.15, 0.2) is 0 Å². The first-order valence-electron chi connectivity index (χ1n) is 6.15. The Morgan fingerprint density at radius 2 is 2.20 bits per heavy atom. The summed E-state index contributed by atoms with van der Waals surface area (Å²) in [5.74, 6) is 2.91. The number of hydrogen-bond donors (Lipinski definition) is 0. The second-order valence-electron chi connectivity index (χ2n) is 4.74. The third-order valence-electron chi connectivity index (χ3n) is 3.59. The monoisotopic (exact) mass is 227 g/mol. The van der Waals surface area contributed by atoms with Crippen LogP contribution in [-0.2, 0) is 4.79 Å². The highest BCUT2D eigenvalue weighted by Crippen LogP contribution is 2.25. The van der Waals surface area contributed by atoms with Crippen molar-refractivity contribution in [1.82, 2.24) is 4.90 Å². The van der Waals surface area contributed by atoms with Gasteiger partial charge in [0.2, 0.25) is 0 Å². The molecule has 1 aliphatic carbocycles. The zero-order valence-corrected chi connectivity index (χ0v) is 10.4. The molecule has 0 spiro atoms. The third-order valence-corrected chi connectivity index (χ3v) is 4.78. The Hall–Kier alpha value is -0.0200. The van der Waals surface area contributed by atoms with E-state index in [-0.39, 0.29) is 6.04 Å². The van der Waals surface area contributed by atoms with Gasteiger partial charge in [-0.15, -0.1) is 0 Å². The third kappa shape index (κ3) is 2.76. The van der Waals surface area contributed by atoms with E-state index in [0.717, 1.165) is 25.8 Å². The van der Waals surface area contributed by atoms with Crippen LogP contribution in [0.1, 0.15) is 39.0 Å². The van der Waals surface area contributed by atoms with Gasteiger partial charge in [0.25, 0.3) is 0 Å². The van der Waals surface area contributed by atoms with Gasteiger partial charge in [-0.2, -0.15) is 11.8 Å². The van der Waals surface area contributed by atoms with Gasteiger partial charge in [0, 0.05) is 30.5 Å². The number of rotatable bonds is 1. The lowest BCUT2D eigenvalue weighted by Gasteiger charge is -2.38. The van der Waals surface area contributed by atoms with Gasteiger partial charge in [0.05, 0.1) is 6.04 Å². The lowest BCUT2D eigenvalue weighted by Crippen LogP contribution is -2.50. The highest BCUT2D eigenvalue weighted by Gasteiger charge is 2.31. The molecule has 2 aliphatic rings. The Morgan fingerprint density at radius 1 is 1.33 bits per heavy atom. The summed E-state index contributed by atoms with van der Waals surface area (Å²) in [6, 6.07) is 0.846. The second-order valence-corrected chi connectivity index (χ2v) is 5.89. The van der Waals surface area contributed by atoms with Crippen molar-refractivity contribution in [2.45, 2.75) is 51.1 Å². The van der Waals surface area contributed by atoms with Crippen molar-refractivity contribution in [3.8, 4) is 0 Å². The largest absolute Gasteiger partial charge is 0.298 e. The molecule has 0 radical (unpaired) electrons. The minimum absolute atomic E-state index is 0.253. The first kappa shape index (κ1) is 11.5. The zero-order valence-electron chi connectivity index (χ0n) is 9.58. The fourth-order valence-electron chi connectivity index (χ4n) is 2.70. The molecule has 2 fully saturated rings. The van der Waals surface area contributed by atoms with E-state index in [2.05, 4.69) is 11.8 Å². The predicted octanol–water partition coefficient (Wildman–Crippen LogP) is 2.33. The predicted molar refractivity (Wildman–Crippen MR) is 65.4 cm³/mol. The molecule has 0 N–H and O–H groups in total. The second kappa shape index (κ2) is 5.35. The van der Waals surface area contributed by atoms with Crippen LogP contribution in [0.3, 0.4) is 0 Å². The van der Waals surface area contributed by atoms with Gasteiger partial charge in [-0.05, 0) is 19.8 Å². The Labute approximate surface area is 96.8 Å². The van der Waals surface area contributed by atoms with E-state index in [1.54, 1.807) is 0 Å². The molecule has 1 saturated carbocycles. The fraction of sp³-hybridized carbons (Fsp3) is 0.917. The molecule has 0 aromatic rings. The van der Waals surface area contributed by atoms with Gasteiger partial charge < -0.3 is 0 Å². The number of carbonyl (C=O) groups excluding carboxylic acids is 1. The van der Waals surface area contributed by atoms with Gasteiger partial charge >= 0.3 is 0 Å². The maximum Gasteiger partial charge on any atom is 0.149 e. The topological polar surface area (TPSA) is 20.3 Å². The van der Waals surface area contributed by atoms with Crippen LogP contribution in [0.25, 0.3) is 0 Å². The summed E-state index contributed by atoms with van der Waals surface area (Å²) in [7, 11) is 0. The van der Waals surface area contributed by atoms with E-state index in [9.17, 15) is 4.79 Å². The molecule has 0 aromatic heterocycles. The van der Waals surface area contributed by atoms with Crippen molar-refractivity contribution >= 4 is 17.5 Å². The lowest BCUT2D eigenvalue weighted by molar-refractivity contribution is -0.124. The van der Waals surface area contributed by atoms with Gasteiger partial charge in [-0.3, -0.25) is 9.69 Å². The fourth-order valence-corrected chi connectivity index (χ4v) is 3.73. The number of Topliss-reactive ketones (excluding diaryl/α,β-unsaturated/α-hetero) is 1. The van der Waals surface area contributed by atoms with Crippen molar-refractivity contribution < 1.29 is 4.79 Å². The van der Waals surface area contributed by atoms with E-state index in [1.165, 1.54) is 24.3 Å². The summed E-state index contributed by atoms with van der Waals surface area (Å²) < 4.78 is 0. The van der Waals surface area contributed by atoms with Crippen molar-refractivity contribution in [3.05, 3.63) is 0 Å². The number of hydrogen-bond acceptors (Lipinski definition) is 3. The quantitative estimate of drug-likeness (QED) is 0.641. The minimum atomic E-state index is 0.253. The Balaban J connectivity index is 2.02. The Morgan fingerprint density at radius 3 is 3.00 bits per heavy atom. The van der Waals surface area contributed by atoms with Gasteiger partial charge in [0.15, 0.2) is 0 Å². The number of carbonyl (C=O) groups is 1. The van der Waals surface area contributed by atoms with Gasteiger partial charge in [-0.25, -0.2) is 0 Å². The molecule has 1 aliphatic heterocycles. The smallest absolute Gasteiger partial charge is 0.149 e. The van der Waals surface area contributed by atoms with Crippen molar-refractivity contribution in [3.63, 3.8) is 0 Å². The van der Waals surface area contributed by atoms with Crippen LogP contribution in [0, 0.1) is 0 Å². The summed E-state index contributed by atoms with van der Waals surface area (Å²) >= 11 is 2.02. The molecule has 2 nitrogen and oxygen atoms in total. The SMILES string of the molecule is CC1CSCCN1C1CCCCCC1=O. The highest BCUT2D eigenvalue weighted by atomic mass is 32.2. The molecule has 1 heterocycles. The Kier molecular flexibility index (Phi) is 4.09. The number of nitrogens with zero attached hydrogens (tertiary/aromatic N) is 1. The highest BCUT2D eigenvalue weighted by molar-refractivity contribution is 7.99. The normalized spacial score (nSPS) is 35.1. The average molecular weight is 227 g/mol. The van der Waals surface area contributed by atoms with Crippen LogP contribution < -0.4 is 0 Å². The van der Waals surface area contributed by atoms with E-state index < -0.39 is 0 Å². The van der Waals surface area contributed by atoms with Crippen LogP contribution in [-0.4, -0.2) is 40.8 Å². The van der Waals surface area contributed by atoms with Crippen LogP contribution in [0.4, 0.5) is 0 Å².